The fourth-order valence-corrected chi connectivity index (χ4v) is 3.40. The fraction of sp³-hybridized carbons (Fsp3) is 0.238. The highest BCUT2D eigenvalue weighted by Crippen LogP contribution is 2.24. The lowest BCUT2D eigenvalue weighted by molar-refractivity contribution is 0.0933. The van der Waals surface area contributed by atoms with Crippen molar-refractivity contribution in [2.75, 3.05) is 18.0 Å². The number of hydrogen-bond donors (Lipinski definition) is 2. The summed E-state index contributed by atoms with van der Waals surface area (Å²) in [4.78, 5) is 14.6. The van der Waals surface area contributed by atoms with Gasteiger partial charge in [-0.05, 0) is 30.5 Å². The van der Waals surface area contributed by atoms with E-state index in [9.17, 15) is 4.79 Å². The lowest BCUT2D eigenvalue weighted by Gasteiger charge is -2.33. The number of hydrogen-bond acceptors (Lipinski definition) is 3. The first kappa shape index (κ1) is 16.4. The van der Waals surface area contributed by atoms with Gasteiger partial charge in [0.25, 0.3) is 5.91 Å². The SMILES string of the molecule is O=C(N[C@@H]1CCCN(c2cc(-c3ccccc3)[nH]n2)C1)c1ccccc1. The van der Waals surface area contributed by atoms with E-state index in [-0.39, 0.29) is 11.9 Å². The smallest absolute Gasteiger partial charge is 0.251 e. The molecule has 1 aliphatic heterocycles. The average Bonchev–Trinajstić information content (AvgIpc) is 3.20. The van der Waals surface area contributed by atoms with Crippen LogP contribution in [0.5, 0.6) is 0 Å². The Morgan fingerprint density at radius 2 is 1.81 bits per heavy atom. The Morgan fingerprint density at radius 1 is 1.08 bits per heavy atom. The number of nitrogens with one attached hydrogen (secondary N) is 2. The molecule has 0 radical (unpaired) electrons. The van der Waals surface area contributed by atoms with E-state index < -0.39 is 0 Å². The monoisotopic (exact) mass is 346 g/mol. The van der Waals surface area contributed by atoms with Gasteiger partial charge in [-0.15, -0.1) is 0 Å². The molecule has 0 unspecified atom stereocenters. The van der Waals surface area contributed by atoms with E-state index in [1.54, 1.807) is 0 Å². The van der Waals surface area contributed by atoms with Crippen LogP contribution in [0.25, 0.3) is 11.3 Å². The summed E-state index contributed by atoms with van der Waals surface area (Å²) in [6.07, 6.45) is 2.03. The van der Waals surface area contributed by atoms with Crippen LogP contribution < -0.4 is 10.2 Å². The van der Waals surface area contributed by atoms with Crippen LogP contribution in [0, 0.1) is 0 Å². The standard InChI is InChI=1S/C21H22N4O/c26-21(17-10-5-2-6-11-17)22-18-12-7-13-25(15-18)20-14-19(23-24-20)16-8-3-1-4-9-16/h1-6,8-11,14,18H,7,12-13,15H2,(H,22,26)(H,23,24)/t18-/m1/s1. The first-order chi connectivity index (χ1) is 12.8. The number of aromatic amines is 1. The highest BCUT2D eigenvalue weighted by molar-refractivity contribution is 5.94. The molecule has 5 heteroatoms. The van der Waals surface area contributed by atoms with Crippen molar-refractivity contribution < 1.29 is 4.79 Å². The molecule has 4 rings (SSSR count). The summed E-state index contributed by atoms with van der Waals surface area (Å²) in [5.41, 5.74) is 2.84. The number of amides is 1. The van der Waals surface area contributed by atoms with Crippen molar-refractivity contribution in [3.05, 3.63) is 72.3 Å². The third-order valence-electron chi connectivity index (χ3n) is 4.77. The second kappa shape index (κ2) is 7.44. The molecule has 2 aromatic carbocycles. The number of piperidine rings is 1. The Morgan fingerprint density at radius 3 is 2.58 bits per heavy atom. The predicted octanol–water partition coefficient (Wildman–Crippen LogP) is 3.48. The van der Waals surface area contributed by atoms with Crippen molar-refractivity contribution in [2.45, 2.75) is 18.9 Å². The Balaban J connectivity index is 1.42. The summed E-state index contributed by atoms with van der Waals surface area (Å²) in [6.45, 7) is 1.73. The summed E-state index contributed by atoms with van der Waals surface area (Å²) in [5, 5.41) is 10.8. The molecule has 2 heterocycles. The van der Waals surface area contributed by atoms with Crippen LogP contribution in [0.1, 0.15) is 23.2 Å². The Hall–Kier alpha value is -3.08. The zero-order valence-electron chi connectivity index (χ0n) is 14.6. The van der Waals surface area contributed by atoms with Crippen LogP contribution in [-0.4, -0.2) is 35.2 Å². The molecule has 1 fully saturated rings. The molecule has 0 aliphatic carbocycles. The quantitative estimate of drug-likeness (QED) is 0.760. The van der Waals surface area contributed by atoms with Gasteiger partial charge in [-0.2, -0.15) is 5.10 Å². The number of H-pyrrole nitrogens is 1. The molecule has 0 bridgehead atoms. The molecule has 5 nitrogen and oxygen atoms in total. The average molecular weight is 346 g/mol. The molecule has 1 amide bonds. The number of aromatic nitrogens is 2. The number of rotatable bonds is 4. The third-order valence-corrected chi connectivity index (χ3v) is 4.77. The second-order valence-electron chi connectivity index (χ2n) is 6.63. The number of nitrogens with zero attached hydrogens (tertiary/aromatic N) is 2. The van der Waals surface area contributed by atoms with E-state index in [1.807, 2.05) is 48.5 Å². The zero-order valence-corrected chi connectivity index (χ0v) is 14.6. The van der Waals surface area contributed by atoms with Gasteiger partial charge in [-0.1, -0.05) is 48.5 Å². The molecule has 132 valence electrons. The van der Waals surface area contributed by atoms with Gasteiger partial charge in [0.15, 0.2) is 5.82 Å². The first-order valence-electron chi connectivity index (χ1n) is 9.01. The molecular formula is C21H22N4O. The maximum absolute atomic E-state index is 12.4. The van der Waals surface area contributed by atoms with Gasteiger partial charge in [0, 0.05) is 30.8 Å². The van der Waals surface area contributed by atoms with Crippen LogP contribution in [-0.2, 0) is 0 Å². The Labute approximate surface area is 153 Å². The van der Waals surface area contributed by atoms with E-state index in [4.69, 9.17) is 0 Å². The van der Waals surface area contributed by atoms with Crippen molar-refractivity contribution >= 4 is 11.7 Å². The summed E-state index contributed by atoms with van der Waals surface area (Å²) in [7, 11) is 0. The van der Waals surface area contributed by atoms with Crippen molar-refractivity contribution in [1.29, 1.82) is 0 Å². The maximum atomic E-state index is 12.4. The molecule has 1 saturated heterocycles. The maximum Gasteiger partial charge on any atom is 0.251 e. The first-order valence-corrected chi connectivity index (χ1v) is 9.01. The van der Waals surface area contributed by atoms with Gasteiger partial charge < -0.3 is 10.2 Å². The van der Waals surface area contributed by atoms with Crippen molar-refractivity contribution in [3.8, 4) is 11.3 Å². The van der Waals surface area contributed by atoms with Gasteiger partial charge in [-0.3, -0.25) is 9.89 Å². The van der Waals surface area contributed by atoms with Crippen molar-refractivity contribution in [3.63, 3.8) is 0 Å². The second-order valence-corrected chi connectivity index (χ2v) is 6.63. The van der Waals surface area contributed by atoms with Gasteiger partial charge in [0.05, 0.1) is 5.69 Å². The topological polar surface area (TPSA) is 61.0 Å². The van der Waals surface area contributed by atoms with Gasteiger partial charge >= 0.3 is 0 Å². The number of carbonyl (C=O) groups excluding carboxylic acids is 1. The minimum absolute atomic E-state index is 0.00977. The number of anilines is 1. The summed E-state index contributed by atoms with van der Waals surface area (Å²) in [6, 6.07) is 21.8. The summed E-state index contributed by atoms with van der Waals surface area (Å²) < 4.78 is 0. The van der Waals surface area contributed by atoms with Crippen LogP contribution in [0.4, 0.5) is 5.82 Å². The normalized spacial score (nSPS) is 17.1. The minimum atomic E-state index is -0.00977. The largest absolute Gasteiger partial charge is 0.353 e. The van der Waals surface area contributed by atoms with Crippen LogP contribution in [0.2, 0.25) is 0 Å². The van der Waals surface area contributed by atoms with E-state index in [0.29, 0.717) is 5.56 Å². The van der Waals surface area contributed by atoms with E-state index >= 15 is 0 Å². The van der Waals surface area contributed by atoms with Gasteiger partial charge in [0.1, 0.15) is 0 Å². The summed E-state index contributed by atoms with van der Waals surface area (Å²) >= 11 is 0. The lowest BCUT2D eigenvalue weighted by atomic mass is 10.0. The van der Waals surface area contributed by atoms with Crippen LogP contribution in [0.15, 0.2) is 66.7 Å². The van der Waals surface area contributed by atoms with E-state index in [2.05, 4.69) is 38.6 Å². The number of carbonyl (C=O) groups is 1. The highest BCUT2D eigenvalue weighted by atomic mass is 16.1. The van der Waals surface area contributed by atoms with Crippen molar-refractivity contribution in [1.82, 2.24) is 15.5 Å². The molecule has 26 heavy (non-hydrogen) atoms. The molecule has 1 aromatic heterocycles. The minimum Gasteiger partial charge on any atom is -0.353 e. The van der Waals surface area contributed by atoms with E-state index in [0.717, 1.165) is 43.0 Å². The molecule has 1 aliphatic rings. The Bertz CT molecular complexity index is 860. The van der Waals surface area contributed by atoms with Crippen LogP contribution in [0.3, 0.4) is 0 Å². The predicted molar refractivity (Wildman–Crippen MR) is 103 cm³/mol. The molecule has 3 aromatic rings. The Kier molecular flexibility index (Phi) is 4.69. The highest BCUT2D eigenvalue weighted by Gasteiger charge is 2.23. The zero-order chi connectivity index (χ0) is 17.8. The fourth-order valence-electron chi connectivity index (χ4n) is 3.40. The molecule has 2 N–H and O–H groups in total. The molecule has 1 atom stereocenters. The van der Waals surface area contributed by atoms with Crippen LogP contribution >= 0.6 is 0 Å². The van der Waals surface area contributed by atoms with E-state index in [1.165, 1.54) is 0 Å². The molecule has 0 spiro atoms. The lowest BCUT2D eigenvalue weighted by Crippen LogP contribution is -2.48. The number of benzene rings is 2. The van der Waals surface area contributed by atoms with Crippen molar-refractivity contribution in [2.24, 2.45) is 0 Å². The molecule has 0 saturated carbocycles. The molecular weight excluding hydrogens is 324 g/mol. The third kappa shape index (κ3) is 3.61. The van der Waals surface area contributed by atoms with Gasteiger partial charge in [0.2, 0.25) is 0 Å². The van der Waals surface area contributed by atoms with Gasteiger partial charge in [-0.25, -0.2) is 0 Å². The summed E-state index contributed by atoms with van der Waals surface area (Å²) in [5.74, 6) is 0.923.